The smallest absolute Gasteiger partial charge is 0.323 e. The largest absolute Gasteiger partial charge is 0.323 e. The molecule has 0 bridgehead atoms. The van der Waals surface area contributed by atoms with E-state index in [-0.39, 0.29) is 11.9 Å². The highest BCUT2D eigenvalue weighted by Gasteiger charge is 2.23. The van der Waals surface area contributed by atoms with Crippen molar-refractivity contribution in [3.8, 4) is 10.4 Å². The number of rotatable bonds is 2. The first-order valence-corrected chi connectivity index (χ1v) is 9.84. The molecule has 122 valence electrons. The van der Waals surface area contributed by atoms with E-state index in [0.717, 1.165) is 10.4 Å². The summed E-state index contributed by atoms with van der Waals surface area (Å²) in [7, 11) is -0.827. The van der Waals surface area contributed by atoms with Crippen LogP contribution in [0.2, 0.25) is 0 Å². The standard InChI is InChI=1S/C16H19N3O2S2/c1-12-10-19(7-8-23(21)11-12)16(20)18-15-17-9-14(22-15)13-5-3-2-4-6-13/h2-6,9,12H,7-8,10-11H2,1H3,(H,17,18,20). The molecule has 1 aromatic carbocycles. The van der Waals surface area contributed by atoms with Crippen molar-refractivity contribution in [2.45, 2.75) is 6.92 Å². The van der Waals surface area contributed by atoms with Crippen LogP contribution in [0.15, 0.2) is 36.5 Å². The van der Waals surface area contributed by atoms with Crippen LogP contribution in [0.5, 0.6) is 0 Å². The molecule has 7 heteroatoms. The van der Waals surface area contributed by atoms with Gasteiger partial charge in [-0.3, -0.25) is 9.53 Å². The number of nitrogens with zero attached hydrogens (tertiary/aromatic N) is 2. The second-order valence-electron chi connectivity index (χ2n) is 5.69. The van der Waals surface area contributed by atoms with Gasteiger partial charge in [-0.05, 0) is 11.5 Å². The summed E-state index contributed by atoms with van der Waals surface area (Å²) >= 11 is 1.46. The van der Waals surface area contributed by atoms with Gasteiger partial charge in [0.25, 0.3) is 0 Å². The van der Waals surface area contributed by atoms with Crippen LogP contribution >= 0.6 is 11.3 Å². The van der Waals surface area contributed by atoms with Crippen LogP contribution in [0.25, 0.3) is 10.4 Å². The van der Waals surface area contributed by atoms with Crippen molar-refractivity contribution in [2.24, 2.45) is 5.92 Å². The zero-order valence-electron chi connectivity index (χ0n) is 12.9. The normalized spacial score (nSPS) is 21.7. The summed E-state index contributed by atoms with van der Waals surface area (Å²) in [6.45, 7) is 3.19. The van der Waals surface area contributed by atoms with Crippen LogP contribution in [-0.4, -0.2) is 44.7 Å². The molecule has 0 spiro atoms. The highest BCUT2D eigenvalue weighted by atomic mass is 32.2. The number of hydrogen-bond donors (Lipinski definition) is 1. The van der Waals surface area contributed by atoms with Gasteiger partial charge >= 0.3 is 6.03 Å². The number of carbonyl (C=O) groups excluding carboxylic acids is 1. The Morgan fingerprint density at radius 2 is 2.17 bits per heavy atom. The van der Waals surface area contributed by atoms with Gasteiger partial charge in [0.15, 0.2) is 5.13 Å². The zero-order valence-corrected chi connectivity index (χ0v) is 14.5. The first-order chi connectivity index (χ1) is 11.1. The number of anilines is 1. The van der Waals surface area contributed by atoms with Crippen molar-refractivity contribution in [3.63, 3.8) is 0 Å². The van der Waals surface area contributed by atoms with E-state index < -0.39 is 10.8 Å². The fourth-order valence-corrected chi connectivity index (χ4v) is 4.70. The first kappa shape index (κ1) is 16.1. The highest BCUT2D eigenvalue weighted by Crippen LogP contribution is 2.28. The molecule has 1 saturated heterocycles. The monoisotopic (exact) mass is 349 g/mol. The Kier molecular flexibility index (Phi) is 5.07. The molecule has 1 N–H and O–H groups in total. The molecule has 1 aromatic heterocycles. The Bertz CT molecular complexity index is 702. The molecule has 23 heavy (non-hydrogen) atoms. The summed E-state index contributed by atoms with van der Waals surface area (Å²) < 4.78 is 11.7. The van der Waals surface area contributed by atoms with Crippen molar-refractivity contribution < 1.29 is 9.00 Å². The summed E-state index contributed by atoms with van der Waals surface area (Å²) in [5.41, 5.74) is 1.09. The average Bonchev–Trinajstić information content (AvgIpc) is 2.93. The van der Waals surface area contributed by atoms with E-state index in [1.807, 2.05) is 37.3 Å². The summed E-state index contributed by atoms with van der Waals surface area (Å²) in [6, 6.07) is 9.80. The van der Waals surface area contributed by atoms with E-state index in [4.69, 9.17) is 0 Å². The molecular weight excluding hydrogens is 330 g/mol. The number of urea groups is 1. The molecule has 2 amide bonds. The van der Waals surface area contributed by atoms with Gasteiger partial charge in [0.05, 0.1) is 4.88 Å². The van der Waals surface area contributed by atoms with Crippen molar-refractivity contribution >= 4 is 33.3 Å². The predicted molar refractivity (Wildman–Crippen MR) is 95.2 cm³/mol. The quantitative estimate of drug-likeness (QED) is 0.906. The molecule has 2 unspecified atom stereocenters. The van der Waals surface area contributed by atoms with E-state index in [9.17, 15) is 9.00 Å². The maximum Gasteiger partial charge on any atom is 0.323 e. The molecule has 2 heterocycles. The van der Waals surface area contributed by atoms with E-state index in [2.05, 4.69) is 10.3 Å². The van der Waals surface area contributed by atoms with Gasteiger partial charge in [0.2, 0.25) is 0 Å². The van der Waals surface area contributed by atoms with Crippen LogP contribution in [0.1, 0.15) is 6.92 Å². The van der Waals surface area contributed by atoms with Gasteiger partial charge in [-0.2, -0.15) is 0 Å². The molecule has 2 atom stereocenters. The van der Waals surface area contributed by atoms with Crippen molar-refractivity contribution in [1.82, 2.24) is 9.88 Å². The van der Waals surface area contributed by atoms with Crippen LogP contribution in [0, 0.1) is 5.92 Å². The van der Waals surface area contributed by atoms with Gasteiger partial charge in [-0.1, -0.05) is 48.6 Å². The number of aromatic nitrogens is 1. The Hall–Kier alpha value is -1.73. The second kappa shape index (κ2) is 7.23. The van der Waals surface area contributed by atoms with Gasteiger partial charge < -0.3 is 4.90 Å². The van der Waals surface area contributed by atoms with Crippen LogP contribution in [-0.2, 0) is 10.8 Å². The first-order valence-electron chi connectivity index (χ1n) is 7.54. The average molecular weight is 349 g/mol. The summed E-state index contributed by atoms with van der Waals surface area (Å²) in [5, 5.41) is 3.45. The highest BCUT2D eigenvalue weighted by molar-refractivity contribution is 7.85. The van der Waals surface area contributed by atoms with E-state index in [1.165, 1.54) is 11.3 Å². The molecular formula is C16H19N3O2S2. The lowest BCUT2D eigenvalue weighted by molar-refractivity contribution is 0.210. The maximum absolute atomic E-state index is 12.4. The number of hydrogen-bond acceptors (Lipinski definition) is 4. The molecule has 2 aromatic rings. The molecule has 0 radical (unpaired) electrons. The molecule has 5 nitrogen and oxygen atoms in total. The van der Waals surface area contributed by atoms with Crippen molar-refractivity contribution in [1.29, 1.82) is 0 Å². The third-order valence-corrected chi connectivity index (χ3v) is 6.20. The summed E-state index contributed by atoms with van der Waals surface area (Å²) in [5.74, 6) is 1.46. The summed E-state index contributed by atoms with van der Waals surface area (Å²) in [6.07, 6.45) is 1.77. The van der Waals surface area contributed by atoms with Crippen LogP contribution in [0.4, 0.5) is 9.93 Å². The fourth-order valence-electron chi connectivity index (χ4n) is 2.56. The topological polar surface area (TPSA) is 62.3 Å². The molecule has 1 aliphatic heterocycles. The second-order valence-corrected chi connectivity index (χ2v) is 8.34. The van der Waals surface area contributed by atoms with E-state index in [1.54, 1.807) is 11.1 Å². The third kappa shape index (κ3) is 4.17. The van der Waals surface area contributed by atoms with E-state index in [0.29, 0.717) is 29.7 Å². The molecule has 0 saturated carbocycles. The Balaban J connectivity index is 1.66. The van der Waals surface area contributed by atoms with Crippen LogP contribution < -0.4 is 5.32 Å². The minimum atomic E-state index is -0.827. The minimum Gasteiger partial charge on any atom is -0.323 e. The Labute approximate surface area is 142 Å². The molecule has 1 fully saturated rings. The fraction of sp³-hybridized carbons (Fsp3) is 0.375. The lowest BCUT2D eigenvalue weighted by atomic mass is 10.2. The van der Waals surface area contributed by atoms with Gasteiger partial charge in [-0.25, -0.2) is 9.78 Å². The van der Waals surface area contributed by atoms with Gasteiger partial charge in [0, 0.05) is 41.6 Å². The SMILES string of the molecule is CC1CN(C(=O)Nc2ncc(-c3ccccc3)s2)CCS(=O)C1. The van der Waals surface area contributed by atoms with Gasteiger partial charge in [0.1, 0.15) is 0 Å². The van der Waals surface area contributed by atoms with E-state index >= 15 is 0 Å². The van der Waals surface area contributed by atoms with Gasteiger partial charge in [-0.15, -0.1) is 0 Å². The maximum atomic E-state index is 12.4. The van der Waals surface area contributed by atoms with Crippen molar-refractivity contribution in [3.05, 3.63) is 36.5 Å². The molecule has 3 rings (SSSR count). The number of nitrogens with one attached hydrogen (secondary N) is 1. The van der Waals surface area contributed by atoms with Crippen molar-refractivity contribution in [2.75, 3.05) is 29.9 Å². The number of benzene rings is 1. The lowest BCUT2D eigenvalue weighted by Gasteiger charge is -2.21. The molecule has 1 aliphatic rings. The number of amides is 2. The lowest BCUT2D eigenvalue weighted by Crippen LogP contribution is -2.38. The number of carbonyl (C=O) groups is 1. The minimum absolute atomic E-state index is 0.162. The van der Waals surface area contributed by atoms with Crippen LogP contribution in [0.3, 0.4) is 0 Å². The Morgan fingerprint density at radius 1 is 1.39 bits per heavy atom. The number of thiazole rings is 1. The zero-order chi connectivity index (χ0) is 16.2. The summed E-state index contributed by atoms with van der Waals surface area (Å²) in [4.78, 5) is 19.4. The Morgan fingerprint density at radius 3 is 2.96 bits per heavy atom. The molecule has 0 aliphatic carbocycles. The third-order valence-electron chi connectivity index (χ3n) is 3.66. The predicted octanol–water partition coefficient (Wildman–Crippen LogP) is 3.04.